The Balaban J connectivity index is 3.31. The first-order valence-electron chi connectivity index (χ1n) is 5.33. The molecule has 0 radical (unpaired) electrons. The Labute approximate surface area is 102 Å². The van der Waals surface area contributed by atoms with E-state index in [4.69, 9.17) is 0 Å². The Morgan fingerprint density at radius 1 is 1.35 bits per heavy atom. The van der Waals surface area contributed by atoms with Gasteiger partial charge in [-0.3, -0.25) is 4.98 Å². The number of rotatable bonds is 3. The minimum absolute atomic E-state index is 0.247. The fourth-order valence-electron chi connectivity index (χ4n) is 1.61. The molecule has 0 bridgehead atoms. The van der Waals surface area contributed by atoms with Crippen LogP contribution in [-0.2, 0) is 0 Å². The molecule has 0 atom stereocenters. The predicted molar refractivity (Wildman–Crippen MR) is 68.8 cm³/mol. The number of aromatic nitrogens is 1. The number of aryl methyl sites for hydroxylation is 2. The smallest absolute Gasteiger partial charge is 0.327 e. The van der Waals surface area contributed by atoms with E-state index in [1.54, 1.807) is 20.3 Å². The molecule has 17 heavy (non-hydrogen) atoms. The standard InChI is InChI=1S/C12H18N4O/c1-8-6-7-15-9(2)11(8)16(10(3)13-4)12(17)14-5/h6-7,13H,3H2,1-2,4-5H3,(H,14,17). The largest absolute Gasteiger partial charge is 0.375 e. The van der Waals surface area contributed by atoms with Crippen LogP contribution in [-0.4, -0.2) is 25.1 Å². The maximum Gasteiger partial charge on any atom is 0.327 e. The molecule has 0 aliphatic heterocycles. The van der Waals surface area contributed by atoms with E-state index < -0.39 is 0 Å². The number of nitrogens with one attached hydrogen (secondary N) is 2. The van der Waals surface area contributed by atoms with E-state index in [1.165, 1.54) is 4.90 Å². The molecule has 0 saturated carbocycles. The van der Waals surface area contributed by atoms with Gasteiger partial charge < -0.3 is 10.6 Å². The molecule has 0 saturated heterocycles. The normalized spacial score (nSPS) is 9.65. The molecule has 0 aliphatic rings. The average molecular weight is 234 g/mol. The topological polar surface area (TPSA) is 57.3 Å². The number of hydrogen-bond donors (Lipinski definition) is 2. The van der Waals surface area contributed by atoms with E-state index in [0.29, 0.717) is 5.82 Å². The molecule has 5 heteroatoms. The fourth-order valence-corrected chi connectivity index (χ4v) is 1.61. The van der Waals surface area contributed by atoms with Crippen LogP contribution in [0, 0.1) is 13.8 Å². The van der Waals surface area contributed by atoms with Gasteiger partial charge in [0, 0.05) is 20.3 Å². The molecule has 0 fully saturated rings. The quantitative estimate of drug-likeness (QED) is 0.834. The van der Waals surface area contributed by atoms with Gasteiger partial charge in [-0.05, 0) is 25.5 Å². The fraction of sp³-hybridized carbons (Fsp3) is 0.333. The summed E-state index contributed by atoms with van der Waals surface area (Å²) in [5.74, 6) is 0.503. The summed E-state index contributed by atoms with van der Waals surface area (Å²) in [6, 6.07) is 1.62. The number of pyridine rings is 1. The van der Waals surface area contributed by atoms with Crippen molar-refractivity contribution in [1.82, 2.24) is 15.6 Å². The van der Waals surface area contributed by atoms with E-state index in [1.807, 2.05) is 19.9 Å². The van der Waals surface area contributed by atoms with Crippen LogP contribution in [0.5, 0.6) is 0 Å². The van der Waals surface area contributed by atoms with Crippen molar-refractivity contribution in [2.45, 2.75) is 13.8 Å². The first-order chi connectivity index (χ1) is 8.02. The maximum absolute atomic E-state index is 11.9. The van der Waals surface area contributed by atoms with Crippen LogP contribution in [0.15, 0.2) is 24.7 Å². The number of urea groups is 1. The lowest BCUT2D eigenvalue weighted by Crippen LogP contribution is -2.41. The molecule has 5 nitrogen and oxygen atoms in total. The second-order valence-corrected chi connectivity index (χ2v) is 3.65. The summed E-state index contributed by atoms with van der Waals surface area (Å²) >= 11 is 0. The molecular formula is C12H18N4O. The van der Waals surface area contributed by atoms with Crippen LogP contribution in [0.3, 0.4) is 0 Å². The molecule has 1 aromatic rings. The first-order valence-corrected chi connectivity index (χ1v) is 5.33. The lowest BCUT2D eigenvalue weighted by Gasteiger charge is -2.26. The summed E-state index contributed by atoms with van der Waals surface area (Å²) in [5.41, 5.74) is 2.51. The molecule has 0 aromatic carbocycles. The number of hydrogen-bond acceptors (Lipinski definition) is 3. The summed E-state index contributed by atoms with van der Waals surface area (Å²) in [6.45, 7) is 7.62. The Morgan fingerprint density at radius 3 is 2.47 bits per heavy atom. The monoisotopic (exact) mass is 234 g/mol. The summed E-state index contributed by atoms with van der Waals surface area (Å²) in [7, 11) is 3.30. The first kappa shape index (κ1) is 13.0. The van der Waals surface area contributed by atoms with Crippen molar-refractivity contribution in [3.05, 3.63) is 35.9 Å². The zero-order valence-electron chi connectivity index (χ0n) is 10.7. The third-order valence-corrected chi connectivity index (χ3v) is 2.51. The van der Waals surface area contributed by atoms with E-state index in [2.05, 4.69) is 22.2 Å². The Hall–Kier alpha value is -2.04. The highest BCUT2D eigenvalue weighted by Gasteiger charge is 2.21. The second kappa shape index (κ2) is 5.34. The van der Waals surface area contributed by atoms with Gasteiger partial charge in [0.25, 0.3) is 0 Å². The molecule has 92 valence electrons. The average Bonchev–Trinajstić information content (AvgIpc) is 2.32. The second-order valence-electron chi connectivity index (χ2n) is 3.65. The van der Waals surface area contributed by atoms with E-state index >= 15 is 0 Å². The van der Waals surface area contributed by atoms with Crippen LogP contribution >= 0.6 is 0 Å². The molecule has 1 rings (SSSR count). The van der Waals surface area contributed by atoms with Gasteiger partial charge in [0.05, 0.1) is 11.4 Å². The minimum atomic E-state index is -0.247. The molecule has 0 aliphatic carbocycles. The van der Waals surface area contributed by atoms with Crippen molar-refractivity contribution in [2.24, 2.45) is 0 Å². The highest BCUT2D eigenvalue weighted by molar-refractivity contribution is 5.96. The zero-order chi connectivity index (χ0) is 13.0. The summed E-state index contributed by atoms with van der Waals surface area (Å²) < 4.78 is 0. The molecule has 1 heterocycles. The van der Waals surface area contributed by atoms with E-state index in [9.17, 15) is 4.79 Å². The maximum atomic E-state index is 11.9. The molecule has 2 amide bonds. The van der Waals surface area contributed by atoms with Crippen molar-refractivity contribution in [1.29, 1.82) is 0 Å². The van der Waals surface area contributed by atoms with Gasteiger partial charge >= 0.3 is 6.03 Å². The Morgan fingerprint density at radius 2 is 2.00 bits per heavy atom. The molecule has 2 N–H and O–H groups in total. The molecule has 0 unspecified atom stereocenters. The van der Waals surface area contributed by atoms with Gasteiger partial charge in [0.2, 0.25) is 0 Å². The van der Waals surface area contributed by atoms with Crippen molar-refractivity contribution in [3.63, 3.8) is 0 Å². The van der Waals surface area contributed by atoms with Crippen molar-refractivity contribution >= 4 is 11.7 Å². The summed E-state index contributed by atoms with van der Waals surface area (Å²) in [5, 5.41) is 5.47. The van der Waals surface area contributed by atoms with Gasteiger partial charge in [0.1, 0.15) is 5.82 Å². The van der Waals surface area contributed by atoms with Gasteiger partial charge in [-0.2, -0.15) is 0 Å². The Kier molecular flexibility index (Phi) is 4.09. The van der Waals surface area contributed by atoms with Crippen LogP contribution in [0.25, 0.3) is 0 Å². The van der Waals surface area contributed by atoms with Crippen molar-refractivity contribution < 1.29 is 4.79 Å². The number of anilines is 1. The van der Waals surface area contributed by atoms with Crippen LogP contribution in [0.4, 0.5) is 10.5 Å². The van der Waals surface area contributed by atoms with Crippen LogP contribution in [0.1, 0.15) is 11.3 Å². The molecule has 0 spiro atoms. The Bertz CT molecular complexity index is 406. The van der Waals surface area contributed by atoms with Crippen molar-refractivity contribution in [3.8, 4) is 0 Å². The predicted octanol–water partition coefficient (Wildman–Crippen LogP) is 1.53. The highest BCUT2D eigenvalue weighted by atomic mass is 16.2. The third-order valence-electron chi connectivity index (χ3n) is 2.51. The number of nitrogens with zero attached hydrogens (tertiary/aromatic N) is 2. The summed E-state index contributed by atoms with van der Waals surface area (Å²) in [4.78, 5) is 17.6. The lowest BCUT2D eigenvalue weighted by molar-refractivity contribution is 0.249. The summed E-state index contributed by atoms with van der Waals surface area (Å²) in [6.07, 6.45) is 1.72. The lowest BCUT2D eigenvalue weighted by atomic mass is 10.2. The molecular weight excluding hydrogens is 216 g/mol. The number of amides is 2. The van der Waals surface area contributed by atoms with Crippen LogP contribution in [0.2, 0.25) is 0 Å². The van der Waals surface area contributed by atoms with E-state index in [0.717, 1.165) is 16.9 Å². The number of carbonyl (C=O) groups excluding carboxylic acids is 1. The SMILES string of the molecule is C=C(NC)N(C(=O)NC)c1c(C)ccnc1C. The number of carbonyl (C=O) groups is 1. The van der Waals surface area contributed by atoms with Crippen molar-refractivity contribution in [2.75, 3.05) is 19.0 Å². The van der Waals surface area contributed by atoms with Gasteiger partial charge in [0.15, 0.2) is 0 Å². The van der Waals surface area contributed by atoms with Gasteiger partial charge in [-0.25, -0.2) is 9.69 Å². The van der Waals surface area contributed by atoms with Crippen LogP contribution < -0.4 is 15.5 Å². The van der Waals surface area contributed by atoms with Gasteiger partial charge in [-0.1, -0.05) is 6.58 Å². The highest BCUT2D eigenvalue weighted by Crippen LogP contribution is 2.24. The van der Waals surface area contributed by atoms with Gasteiger partial charge in [-0.15, -0.1) is 0 Å². The third kappa shape index (κ3) is 2.55. The molecule has 1 aromatic heterocycles. The minimum Gasteiger partial charge on any atom is -0.375 e. The van der Waals surface area contributed by atoms with E-state index in [-0.39, 0.29) is 6.03 Å². The zero-order valence-corrected chi connectivity index (χ0v) is 10.7.